The van der Waals surface area contributed by atoms with Gasteiger partial charge in [0.2, 0.25) is 5.88 Å². The molecule has 0 atom stereocenters. The van der Waals surface area contributed by atoms with Crippen LogP contribution in [0.4, 0.5) is 14.5 Å². The van der Waals surface area contributed by atoms with E-state index in [9.17, 15) is 8.78 Å². The molecular weight excluding hydrogens is 166 g/mol. The first-order valence-corrected chi connectivity index (χ1v) is 3.27. The molecule has 0 amide bonds. The second kappa shape index (κ2) is 3.34. The van der Waals surface area contributed by atoms with Crippen LogP contribution in [0.1, 0.15) is 5.56 Å². The summed E-state index contributed by atoms with van der Waals surface area (Å²) in [4.78, 5) is 3.55. The molecule has 12 heavy (non-hydrogen) atoms. The maximum absolute atomic E-state index is 11.7. The topological polar surface area (TPSA) is 48.1 Å². The minimum Gasteiger partial charge on any atom is -0.415 e. The van der Waals surface area contributed by atoms with Gasteiger partial charge in [-0.15, -0.1) is 0 Å². The summed E-state index contributed by atoms with van der Waals surface area (Å²) < 4.78 is 27.5. The second-order valence-electron chi connectivity index (χ2n) is 2.23. The van der Waals surface area contributed by atoms with E-state index in [1.165, 1.54) is 6.20 Å². The van der Waals surface area contributed by atoms with E-state index in [0.717, 1.165) is 0 Å². The number of rotatable bonds is 2. The summed E-state index contributed by atoms with van der Waals surface area (Å²) >= 11 is 0. The van der Waals surface area contributed by atoms with Gasteiger partial charge < -0.3 is 10.5 Å². The zero-order chi connectivity index (χ0) is 9.14. The van der Waals surface area contributed by atoms with Gasteiger partial charge in [-0.1, -0.05) is 0 Å². The van der Waals surface area contributed by atoms with Gasteiger partial charge >= 0.3 is 6.61 Å². The van der Waals surface area contributed by atoms with Crippen molar-refractivity contribution in [1.29, 1.82) is 0 Å². The molecule has 1 rings (SSSR count). The molecule has 1 aromatic heterocycles. The quantitative estimate of drug-likeness (QED) is 0.740. The Kier molecular flexibility index (Phi) is 2.42. The van der Waals surface area contributed by atoms with Crippen LogP contribution in [0.5, 0.6) is 5.88 Å². The van der Waals surface area contributed by atoms with Crippen molar-refractivity contribution in [3.8, 4) is 5.88 Å². The summed E-state index contributed by atoms with van der Waals surface area (Å²) in [5.41, 5.74) is 6.23. The lowest BCUT2D eigenvalue weighted by molar-refractivity contribution is -0.0523. The molecule has 0 saturated carbocycles. The average molecular weight is 174 g/mol. The molecule has 0 spiro atoms. The number of nitrogens with two attached hydrogens (primary N) is 1. The standard InChI is InChI=1S/C7H8F2N2O/c1-4-2-3-11-6(5(4)10)12-7(8)9/h2-3,7H,10H2,1H3. The van der Waals surface area contributed by atoms with Gasteiger partial charge in [0.25, 0.3) is 0 Å². The monoisotopic (exact) mass is 174 g/mol. The van der Waals surface area contributed by atoms with Crippen molar-refractivity contribution >= 4 is 5.69 Å². The van der Waals surface area contributed by atoms with Crippen LogP contribution < -0.4 is 10.5 Å². The van der Waals surface area contributed by atoms with Crippen molar-refractivity contribution in [1.82, 2.24) is 4.98 Å². The zero-order valence-electron chi connectivity index (χ0n) is 6.42. The van der Waals surface area contributed by atoms with Crippen molar-refractivity contribution in [3.63, 3.8) is 0 Å². The smallest absolute Gasteiger partial charge is 0.388 e. The van der Waals surface area contributed by atoms with Gasteiger partial charge in [0.1, 0.15) is 0 Å². The Hall–Kier alpha value is -1.39. The first-order valence-electron chi connectivity index (χ1n) is 3.27. The highest BCUT2D eigenvalue weighted by atomic mass is 19.3. The van der Waals surface area contributed by atoms with Crippen molar-refractivity contribution in [2.24, 2.45) is 0 Å². The van der Waals surface area contributed by atoms with Crippen LogP contribution in [-0.4, -0.2) is 11.6 Å². The summed E-state index contributed by atoms with van der Waals surface area (Å²) in [6.45, 7) is -1.20. The molecule has 0 aliphatic heterocycles. The summed E-state index contributed by atoms with van der Waals surface area (Å²) in [6.07, 6.45) is 1.36. The molecule has 0 aliphatic rings. The van der Waals surface area contributed by atoms with Crippen LogP contribution in [0.2, 0.25) is 0 Å². The number of pyridine rings is 1. The van der Waals surface area contributed by atoms with E-state index < -0.39 is 6.61 Å². The predicted octanol–water partition coefficient (Wildman–Crippen LogP) is 1.57. The third-order valence-electron chi connectivity index (χ3n) is 1.37. The predicted molar refractivity (Wildman–Crippen MR) is 40.0 cm³/mol. The Bertz CT molecular complexity index is 278. The van der Waals surface area contributed by atoms with Gasteiger partial charge in [-0.05, 0) is 18.6 Å². The first kappa shape index (κ1) is 8.70. The number of hydrogen-bond acceptors (Lipinski definition) is 3. The Labute approximate surface area is 68.2 Å². The molecule has 3 nitrogen and oxygen atoms in total. The molecule has 0 unspecified atom stereocenters. The highest BCUT2D eigenvalue weighted by molar-refractivity contribution is 5.53. The second-order valence-corrected chi connectivity index (χ2v) is 2.23. The SMILES string of the molecule is Cc1ccnc(OC(F)F)c1N. The number of hydrogen-bond donors (Lipinski definition) is 1. The zero-order valence-corrected chi connectivity index (χ0v) is 6.42. The van der Waals surface area contributed by atoms with Gasteiger partial charge in [-0.3, -0.25) is 0 Å². The fourth-order valence-electron chi connectivity index (χ4n) is 0.723. The van der Waals surface area contributed by atoms with E-state index >= 15 is 0 Å². The lowest BCUT2D eigenvalue weighted by atomic mass is 10.2. The number of alkyl halides is 2. The number of nitrogen functional groups attached to an aromatic ring is 1. The van der Waals surface area contributed by atoms with Gasteiger partial charge in [-0.2, -0.15) is 8.78 Å². The van der Waals surface area contributed by atoms with Crippen LogP contribution in [0.15, 0.2) is 12.3 Å². The summed E-state index contributed by atoms with van der Waals surface area (Å²) in [6, 6.07) is 1.62. The molecule has 1 aromatic rings. The molecule has 66 valence electrons. The summed E-state index contributed by atoms with van der Waals surface area (Å²) in [5, 5.41) is 0. The lowest BCUT2D eigenvalue weighted by Crippen LogP contribution is -2.06. The van der Waals surface area contributed by atoms with E-state index in [4.69, 9.17) is 5.73 Å². The van der Waals surface area contributed by atoms with Crippen molar-refractivity contribution in [2.45, 2.75) is 13.5 Å². The van der Waals surface area contributed by atoms with E-state index in [-0.39, 0.29) is 11.6 Å². The number of aromatic nitrogens is 1. The Balaban J connectivity index is 2.92. The van der Waals surface area contributed by atoms with E-state index in [2.05, 4.69) is 9.72 Å². The number of ether oxygens (including phenoxy) is 1. The van der Waals surface area contributed by atoms with E-state index in [1.54, 1.807) is 13.0 Å². The van der Waals surface area contributed by atoms with Gasteiger partial charge in [0.05, 0.1) is 5.69 Å². The molecule has 0 fully saturated rings. The normalized spacial score (nSPS) is 10.3. The Morgan fingerprint density at radius 1 is 1.58 bits per heavy atom. The fraction of sp³-hybridized carbons (Fsp3) is 0.286. The Morgan fingerprint density at radius 3 is 2.83 bits per heavy atom. The molecule has 5 heteroatoms. The fourth-order valence-corrected chi connectivity index (χ4v) is 0.723. The molecule has 2 N–H and O–H groups in total. The summed E-state index contributed by atoms with van der Waals surface area (Å²) in [7, 11) is 0. The minimum absolute atomic E-state index is 0.151. The first-order chi connectivity index (χ1) is 5.61. The molecule has 0 saturated heterocycles. The van der Waals surface area contributed by atoms with Crippen LogP contribution in [0.25, 0.3) is 0 Å². The molecule has 1 heterocycles. The molecular formula is C7H8F2N2O. The Morgan fingerprint density at radius 2 is 2.25 bits per heavy atom. The van der Waals surface area contributed by atoms with Gasteiger partial charge in [0.15, 0.2) is 0 Å². The maximum atomic E-state index is 11.7. The van der Waals surface area contributed by atoms with Gasteiger partial charge in [0, 0.05) is 6.20 Å². The van der Waals surface area contributed by atoms with Crippen molar-refractivity contribution < 1.29 is 13.5 Å². The average Bonchev–Trinajstić information content (AvgIpc) is 1.98. The van der Waals surface area contributed by atoms with Crippen molar-refractivity contribution in [3.05, 3.63) is 17.8 Å². The van der Waals surface area contributed by atoms with Gasteiger partial charge in [-0.25, -0.2) is 4.98 Å². The van der Waals surface area contributed by atoms with Crippen LogP contribution in [0, 0.1) is 6.92 Å². The van der Waals surface area contributed by atoms with E-state index in [1.807, 2.05) is 0 Å². The van der Waals surface area contributed by atoms with Crippen LogP contribution >= 0.6 is 0 Å². The highest BCUT2D eigenvalue weighted by Gasteiger charge is 2.09. The molecule has 0 radical (unpaired) electrons. The number of aryl methyl sites for hydroxylation is 1. The highest BCUT2D eigenvalue weighted by Crippen LogP contribution is 2.22. The van der Waals surface area contributed by atoms with Crippen molar-refractivity contribution in [2.75, 3.05) is 5.73 Å². The molecule has 0 aliphatic carbocycles. The van der Waals surface area contributed by atoms with Crippen LogP contribution in [-0.2, 0) is 0 Å². The van der Waals surface area contributed by atoms with E-state index in [0.29, 0.717) is 5.56 Å². The third-order valence-corrected chi connectivity index (χ3v) is 1.37. The molecule has 0 bridgehead atoms. The minimum atomic E-state index is -2.89. The molecule has 0 aromatic carbocycles. The summed E-state index contributed by atoms with van der Waals surface area (Å²) in [5.74, 6) is -0.218. The number of nitrogens with zero attached hydrogens (tertiary/aromatic N) is 1. The number of anilines is 1. The third kappa shape index (κ3) is 1.81. The lowest BCUT2D eigenvalue weighted by Gasteiger charge is -2.06. The number of halogens is 2. The maximum Gasteiger partial charge on any atom is 0.388 e. The van der Waals surface area contributed by atoms with Crippen LogP contribution in [0.3, 0.4) is 0 Å². The largest absolute Gasteiger partial charge is 0.415 e.